The summed E-state index contributed by atoms with van der Waals surface area (Å²) in [5, 5.41) is 0.458. The highest BCUT2D eigenvalue weighted by Crippen LogP contribution is 1.96. The summed E-state index contributed by atoms with van der Waals surface area (Å²) in [7, 11) is 3.59. The smallest absolute Gasteiger partial charge is 0.269 e. The molecule has 0 bridgehead atoms. The molecule has 0 saturated carbocycles. The first-order valence-corrected chi connectivity index (χ1v) is 4.85. The van der Waals surface area contributed by atoms with Crippen LogP contribution >= 0.6 is 12.2 Å². The summed E-state index contributed by atoms with van der Waals surface area (Å²) in [5.41, 5.74) is 5.74. The van der Waals surface area contributed by atoms with E-state index in [9.17, 15) is 4.79 Å². The number of benzene rings is 1. The molecule has 0 heterocycles. The molecule has 0 unspecified atom stereocenters. The van der Waals surface area contributed by atoms with E-state index in [2.05, 4.69) is 10.9 Å². The molecule has 0 spiro atoms. The normalized spacial score (nSPS) is 9.20. The maximum Gasteiger partial charge on any atom is 0.269 e. The second-order valence-electron chi connectivity index (χ2n) is 3.14. The van der Waals surface area contributed by atoms with Gasteiger partial charge in [-0.15, -0.1) is 0 Å². The van der Waals surface area contributed by atoms with Crippen molar-refractivity contribution in [3.8, 4) is 0 Å². The van der Waals surface area contributed by atoms with Gasteiger partial charge in [-0.1, -0.05) is 18.2 Å². The third-order valence-corrected chi connectivity index (χ3v) is 2.19. The number of carbonyl (C=O) groups is 1. The number of nitrogens with one attached hydrogen (secondary N) is 2. The standard InChI is InChI=1S/C10H13N3OS/c1-13(2)10(15)12-11-9(14)8-6-4-3-5-7-8/h3-7H,1-2H3,(H,11,14)(H,12,15). The predicted octanol–water partition coefficient (Wildman–Crippen LogP) is 0.767. The minimum atomic E-state index is -0.209. The summed E-state index contributed by atoms with van der Waals surface area (Å²) in [6.45, 7) is 0. The molecule has 15 heavy (non-hydrogen) atoms. The van der Waals surface area contributed by atoms with Crippen molar-refractivity contribution in [3.05, 3.63) is 35.9 Å². The molecular formula is C10H13N3OS. The lowest BCUT2D eigenvalue weighted by Gasteiger charge is -2.15. The lowest BCUT2D eigenvalue weighted by Crippen LogP contribution is -2.46. The number of rotatable bonds is 1. The SMILES string of the molecule is CN(C)C(=S)NNC(=O)c1ccccc1. The second-order valence-corrected chi connectivity index (χ2v) is 3.53. The number of thiocarbonyl (C=S) groups is 1. The lowest BCUT2D eigenvalue weighted by molar-refractivity contribution is 0.0943. The van der Waals surface area contributed by atoms with Gasteiger partial charge < -0.3 is 4.90 Å². The Morgan fingerprint density at radius 1 is 1.20 bits per heavy atom. The van der Waals surface area contributed by atoms with E-state index in [0.717, 1.165) is 0 Å². The highest BCUT2D eigenvalue weighted by atomic mass is 32.1. The highest BCUT2D eigenvalue weighted by molar-refractivity contribution is 7.80. The van der Waals surface area contributed by atoms with E-state index < -0.39 is 0 Å². The molecule has 0 aliphatic heterocycles. The van der Waals surface area contributed by atoms with Gasteiger partial charge in [0.15, 0.2) is 5.11 Å². The maximum atomic E-state index is 11.5. The van der Waals surface area contributed by atoms with Crippen LogP contribution in [0.15, 0.2) is 30.3 Å². The Morgan fingerprint density at radius 2 is 1.80 bits per heavy atom. The maximum absolute atomic E-state index is 11.5. The average molecular weight is 223 g/mol. The molecule has 1 aromatic rings. The first kappa shape index (κ1) is 11.5. The third-order valence-electron chi connectivity index (χ3n) is 1.73. The van der Waals surface area contributed by atoms with Crippen LogP contribution in [0, 0.1) is 0 Å². The van der Waals surface area contributed by atoms with Crippen LogP contribution in [0.5, 0.6) is 0 Å². The molecule has 4 nitrogen and oxygen atoms in total. The Balaban J connectivity index is 2.48. The molecule has 0 atom stereocenters. The summed E-state index contributed by atoms with van der Waals surface area (Å²) >= 11 is 4.95. The molecule has 0 saturated heterocycles. The van der Waals surface area contributed by atoms with Crippen LogP contribution < -0.4 is 10.9 Å². The van der Waals surface area contributed by atoms with Gasteiger partial charge >= 0.3 is 0 Å². The summed E-state index contributed by atoms with van der Waals surface area (Å²) < 4.78 is 0. The zero-order chi connectivity index (χ0) is 11.3. The zero-order valence-electron chi connectivity index (χ0n) is 8.65. The van der Waals surface area contributed by atoms with Crippen LogP contribution in [0.2, 0.25) is 0 Å². The Morgan fingerprint density at radius 3 is 2.33 bits per heavy atom. The van der Waals surface area contributed by atoms with Crippen molar-refractivity contribution in [2.75, 3.05) is 14.1 Å². The number of amides is 1. The third kappa shape index (κ3) is 3.55. The van der Waals surface area contributed by atoms with Gasteiger partial charge in [0.1, 0.15) is 0 Å². The molecule has 1 aromatic carbocycles. The van der Waals surface area contributed by atoms with Crippen LogP contribution in [0.25, 0.3) is 0 Å². The Kier molecular flexibility index (Phi) is 4.05. The Bertz CT molecular complexity index is 351. The van der Waals surface area contributed by atoms with Gasteiger partial charge in [-0.05, 0) is 24.4 Å². The van der Waals surface area contributed by atoms with Crippen LogP contribution in [0.1, 0.15) is 10.4 Å². The highest BCUT2D eigenvalue weighted by Gasteiger charge is 2.04. The molecule has 1 rings (SSSR count). The van der Waals surface area contributed by atoms with Gasteiger partial charge in [0, 0.05) is 19.7 Å². The average Bonchev–Trinajstić information content (AvgIpc) is 2.26. The second kappa shape index (κ2) is 5.31. The molecule has 0 fully saturated rings. The largest absolute Gasteiger partial charge is 0.354 e. The quantitative estimate of drug-likeness (QED) is 0.545. The summed E-state index contributed by atoms with van der Waals surface area (Å²) in [4.78, 5) is 13.2. The minimum absolute atomic E-state index is 0.209. The zero-order valence-corrected chi connectivity index (χ0v) is 9.47. The number of hydrogen-bond donors (Lipinski definition) is 2. The fourth-order valence-corrected chi connectivity index (χ4v) is 0.935. The molecular weight excluding hydrogens is 210 g/mol. The molecule has 0 aromatic heterocycles. The molecule has 0 aliphatic carbocycles. The summed E-state index contributed by atoms with van der Waals surface area (Å²) in [6, 6.07) is 8.93. The van der Waals surface area contributed by atoms with Gasteiger partial charge in [-0.25, -0.2) is 0 Å². The lowest BCUT2D eigenvalue weighted by atomic mass is 10.2. The van der Waals surface area contributed by atoms with E-state index in [-0.39, 0.29) is 5.91 Å². The Hall–Kier alpha value is -1.62. The van der Waals surface area contributed by atoms with Gasteiger partial charge in [-0.2, -0.15) is 0 Å². The van der Waals surface area contributed by atoms with Gasteiger partial charge in [0.25, 0.3) is 5.91 Å². The van der Waals surface area contributed by atoms with E-state index in [4.69, 9.17) is 12.2 Å². The van der Waals surface area contributed by atoms with Crippen molar-refractivity contribution >= 4 is 23.2 Å². The summed E-state index contributed by atoms with van der Waals surface area (Å²) in [5.74, 6) is -0.209. The van der Waals surface area contributed by atoms with Gasteiger partial charge in [0.05, 0.1) is 0 Å². The number of hydrogen-bond acceptors (Lipinski definition) is 2. The van der Waals surface area contributed by atoms with E-state index in [1.807, 2.05) is 6.07 Å². The number of carbonyl (C=O) groups excluding carboxylic acids is 1. The topological polar surface area (TPSA) is 44.4 Å². The van der Waals surface area contributed by atoms with E-state index >= 15 is 0 Å². The number of nitrogens with zero attached hydrogens (tertiary/aromatic N) is 1. The van der Waals surface area contributed by atoms with Crippen molar-refractivity contribution < 1.29 is 4.79 Å². The van der Waals surface area contributed by atoms with Crippen LogP contribution in [0.4, 0.5) is 0 Å². The minimum Gasteiger partial charge on any atom is -0.354 e. The molecule has 80 valence electrons. The van der Waals surface area contributed by atoms with Crippen LogP contribution in [-0.2, 0) is 0 Å². The summed E-state index contributed by atoms with van der Waals surface area (Å²) in [6.07, 6.45) is 0. The van der Waals surface area contributed by atoms with Crippen molar-refractivity contribution in [3.63, 3.8) is 0 Å². The molecule has 1 amide bonds. The number of hydrazine groups is 1. The van der Waals surface area contributed by atoms with E-state index in [1.54, 1.807) is 43.3 Å². The predicted molar refractivity (Wildman–Crippen MR) is 63.3 cm³/mol. The van der Waals surface area contributed by atoms with Gasteiger partial charge in [-0.3, -0.25) is 15.6 Å². The first-order valence-electron chi connectivity index (χ1n) is 4.44. The monoisotopic (exact) mass is 223 g/mol. The molecule has 0 aliphatic rings. The van der Waals surface area contributed by atoms with Crippen molar-refractivity contribution in [1.82, 2.24) is 15.8 Å². The van der Waals surface area contributed by atoms with E-state index in [1.165, 1.54) is 0 Å². The van der Waals surface area contributed by atoms with E-state index in [0.29, 0.717) is 10.7 Å². The van der Waals surface area contributed by atoms with Gasteiger partial charge in [0.2, 0.25) is 0 Å². The fourth-order valence-electron chi connectivity index (χ4n) is 0.884. The van der Waals surface area contributed by atoms with Crippen molar-refractivity contribution in [2.45, 2.75) is 0 Å². The van der Waals surface area contributed by atoms with Crippen LogP contribution in [0.3, 0.4) is 0 Å². The van der Waals surface area contributed by atoms with Crippen LogP contribution in [-0.4, -0.2) is 30.0 Å². The first-order chi connectivity index (χ1) is 7.11. The fraction of sp³-hybridized carbons (Fsp3) is 0.200. The van der Waals surface area contributed by atoms with Crippen molar-refractivity contribution in [1.29, 1.82) is 0 Å². The molecule has 5 heteroatoms. The molecule has 2 N–H and O–H groups in total. The van der Waals surface area contributed by atoms with Crippen molar-refractivity contribution in [2.24, 2.45) is 0 Å². The Labute approximate surface area is 94.2 Å². The molecule has 0 radical (unpaired) electrons.